The van der Waals surface area contributed by atoms with Crippen LogP contribution >= 0.6 is 27.7 Å². The van der Waals surface area contributed by atoms with Crippen LogP contribution in [-0.4, -0.2) is 21.2 Å². The summed E-state index contributed by atoms with van der Waals surface area (Å²) in [5.74, 6) is 0.0633. The van der Waals surface area contributed by atoms with Crippen molar-refractivity contribution in [2.45, 2.75) is 12.4 Å². The van der Waals surface area contributed by atoms with Gasteiger partial charge in [0.15, 0.2) is 5.50 Å². The van der Waals surface area contributed by atoms with E-state index in [-0.39, 0.29) is 11.4 Å². The minimum absolute atomic E-state index is 0.0427. The Bertz CT molecular complexity index is 553. The molecule has 0 spiro atoms. The Hall–Kier alpha value is -1.20. The minimum atomic E-state index is 0.0427. The van der Waals surface area contributed by atoms with Gasteiger partial charge in [0.2, 0.25) is 5.91 Å². The molecule has 1 atom stereocenters. The third-order valence-corrected chi connectivity index (χ3v) is 4.45. The molecule has 1 aromatic rings. The maximum absolute atomic E-state index is 11.6. The Kier molecular flexibility index (Phi) is 2.95. The van der Waals surface area contributed by atoms with Gasteiger partial charge in [-0.25, -0.2) is 0 Å². The average Bonchev–Trinajstić information content (AvgIpc) is 2.91. The van der Waals surface area contributed by atoms with Crippen LogP contribution in [-0.2, 0) is 4.79 Å². The highest BCUT2D eigenvalue weighted by atomic mass is 79.9. The number of carbonyl (C=O) groups excluding carboxylic acids is 1. The zero-order valence-electron chi connectivity index (χ0n) is 9.71. The van der Waals surface area contributed by atoms with Crippen LogP contribution in [0.25, 0.3) is 5.70 Å². The largest absolute Gasteiger partial charge is 0.315 e. The van der Waals surface area contributed by atoms with Crippen LogP contribution in [0.2, 0.25) is 0 Å². The second kappa shape index (κ2) is 4.48. The zero-order chi connectivity index (χ0) is 12.7. The van der Waals surface area contributed by atoms with Crippen molar-refractivity contribution >= 4 is 39.3 Å². The van der Waals surface area contributed by atoms with Crippen LogP contribution in [0.1, 0.15) is 12.5 Å². The fourth-order valence-electron chi connectivity index (χ4n) is 2.06. The van der Waals surface area contributed by atoms with Gasteiger partial charge in [0.25, 0.3) is 0 Å². The fraction of sp³-hybridized carbons (Fsp3) is 0.154. The van der Waals surface area contributed by atoms with E-state index in [4.69, 9.17) is 0 Å². The Morgan fingerprint density at radius 2 is 2.06 bits per heavy atom. The molecular formula is C13H11BrN2OS. The van der Waals surface area contributed by atoms with Crippen LogP contribution in [0.15, 0.2) is 46.5 Å². The molecule has 92 valence electrons. The van der Waals surface area contributed by atoms with E-state index in [1.165, 1.54) is 0 Å². The fourth-order valence-corrected chi connectivity index (χ4v) is 3.32. The zero-order valence-corrected chi connectivity index (χ0v) is 12.1. The summed E-state index contributed by atoms with van der Waals surface area (Å²) in [6.45, 7) is 1.60. The molecule has 0 fully saturated rings. The molecule has 2 heterocycles. The summed E-state index contributed by atoms with van der Waals surface area (Å²) in [6.07, 6.45) is 3.94. The van der Waals surface area contributed by atoms with Crippen molar-refractivity contribution < 1.29 is 4.79 Å². The number of amides is 1. The van der Waals surface area contributed by atoms with Crippen LogP contribution in [0.4, 0.5) is 0 Å². The van der Waals surface area contributed by atoms with Gasteiger partial charge < -0.3 is 4.90 Å². The van der Waals surface area contributed by atoms with Crippen molar-refractivity contribution in [2.75, 3.05) is 0 Å². The standard InChI is InChI=1S/C13H11BrN2OS/c1-9(17)16-8-12(15-6-7-18-13(15)16)10-2-4-11(14)5-3-10/h2-8,13H,1H3. The molecule has 3 nitrogen and oxygen atoms in total. The highest BCUT2D eigenvalue weighted by Crippen LogP contribution is 2.40. The topological polar surface area (TPSA) is 23.6 Å². The molecule has 2 aliphatic heterocycles. The van der Waals surface area contributed by atoms with Crippen molar-refractivity contribution in [3.63, 3.8) is 0 Å². The van der Waals surface area contributed by atoms with E-state index in [1.807, 2.05) is 42.1 Å². The molecule has 0 radical (unpaired) electrons. The Morgan fingerprint density at radius 1 is 1.33 bits per heavy atom. The first-order valence-electron chi connectivity index (χ1n) is 5.54. The lowest BCUT2D eigenvalue weighted by Gasteiger charge is -2.24. The average molecular weight is 323 g/mol. The smallest absolute Gasteiger partial charge is 0.225 e. The van der Waals surface area contributed by atoms with Gasteiger partial charge in [0.05, 0.1) is 5.70 Å². The molecule has 0 saturated carbocycles. The molecule has 0 N–H and O–H groups in total. The number of hydrogen-bond donors (Lipinski definition) is 0. The second-order valence-electron chi connectivity index (χ2n) is 4.10. The molecule has 1 unspecified atom stereocenters. The molecule has 0 saturated heterocycles. The molecule has 0 aliphatic carbocycles. The number of hydrogen-bond acceptors (Lipinski definition) is 3. The summed E-state index contributed by atoms with van der Waals surface area (Å²) < 4.78 is 1.05. The maximum atomic E-state index is 11.6. The van der Waals surface area contributed by atoms with Gasteiger partial charge in [-0.15, -0.1) is 0 Å². The van der Waals surface area contributed by atoms with Crippen LogP contribution < -0.4 is 0 Å². The molecular weight excluding hydrogens is 312 g/mol. The highest BCUT2D eigenvalue weighted by Gasteiger charge is 2.36. The molecule has 3 rings (SSSR count). The predicted molar refractivity (Wildman–Crippen MR) is 77.0 cm³/mol. The lowest BCUT2D eigenvalue weighted by Crippen LogP contribution is -2.34. The Labute approximate surface area is 118 Å². The first-order valence-corrected chi connectivity index (χ1v) is 7.27. The van der Waals surface area contributed by atoms with E-state index in [9.17, 15) is 4.79 Å². The monoisotopic (exact) mass is 322 g/mol. The van der Waals surface area contributed by atoms with E-state index < -0.39 is 0 Å². The molecule has 0 bridgehead atoms. The van der Waals surface area contributed by atoms with Crippen molar-refractivity contribution in [2.24, 2.45) is 0 Å². The van der Waals surface area contributed by atoms with E-state index >= 15 is 0 Å². The van der Waals surface area contributed by atoms with E-state index in [0.717, 1.165) is 15.7 Å². The number of rotatable bonds is 1. The first kappa shape index (κ1) is 11.9. The van der Waals surface area contributed by atoms with Gasteiger partial charge in [-0.2, -0.15) is 0 Å². The molecule has 1 aromatic carbocycles. The number of thioether (sulfide) groups is 1. The maximum Gasteiger partial charge on any atom is 0.225 e. The summed E-state index contributed by atoms with van der Waals surface area (Å²) >= 11 is 5.07. The number of benzene rings is 1. The van der Waals surface area contributed by atoms with Crippen LogP contribution in [0, 0.1) is 0 Å². The van der Waals surface area contributed by atoms with Gasteiger partial charge in [0.1, 0.15) is 0 Å². The number of nitrogens with zero attached hydrogens (tertiary/aromatic N) is 2. The van der Waals surface area contributed by atoms with Crippen LogP contribution in [0.3, 0.4) is 0 Å². The molecule has 0 aromatic heterocycles. The number of carbonyl (C=O) groups is 1. The van der Waals surface area contributed by atoms with E-state index in [1.54, 1.807) is 23.6 Å². The molecule has 5 heteroatoms. The van der Waals surface area contributed by atoms with Gasteiger partial charge in [-0.05, 0) is 23.1 Å². The lowest BCUT2D eigenvalue weighted by molar-refractivity contribution is -0.127. The molecule has 18 heavy (non-hydrogen) atoms. The quantitative estimate of drug-likeness (QED) is 0.791. The second-order valence-corrected chi connectivity index (χ2v) is 5.98. The first-order chi connectivity index (χ1) is 8.66. The third-order valence-electron chi connectivity index (χ3n) is 2.94. The number of halogens is 1. The molecule has 2 aliphatic rings. The van der Waals surface area contributed by atoms with Crippen molar-refractivity contribution in [1.82, 2.24) is 9.80 Å². The summed E-state index contributed by atoms with van der Waals surface area (Å²) in [7, 11) is 0. The minimum Gasteiger partial charge on any atom is -0.315 e. The summed E-state index contributed by atoms with van der Waals surface area (Å²) in [5.41, 5.74) is 2.21. The summed E-state index contributed by atoms with van der Waals surface area (Å²) in [5, 5.41) is 2.02. The SMILES string of the molecule is CC(=O)N1C=C(c2ccc(Br)cc2)N2C=CSC12. The molecule has 1 amide bonds. The van der Waals surface area contributed by atoms with Gasteiger partial charge in [-0.3, -0.25) is 9.69 Å². The van der Waals surface area contributed by atoms with Crippen molar-refractivity contribution in [3.05, 3.63) is 52.1 Å². The van der Waals surface area contributed by atoms with Gasteiger partial charge in [0, 0.05) is 23.8 Å². The predicted octanol–water partition coefficient (Wildman–Crippen LogP) is 3.41. The summed E-state index contributed by atoms with van der Waals surface area (Å²) in [4.78, 5) is 15.5. The van der Waals surface area contributed by atoms with Crippen molar-refractivity contribution in [3.8, 4) is 0 Å². The van der Waals surface area contributed by atoms with E-state index in [2.05, 4.69) is 20.8 Å². The summed E-state index contributed by atoms with van der Waals surface area (Å²) in [6, 6.07) is 8.12. The van der Waals surface area contributed by atoms with Crippen molar-refractivity contribution in [1.29, 1.82) is 0 Å². The number of fused-ring (bicyclic) bond motifs is 1. The Balaban J connectivity index is 2.00. The normalized spacial score (nSPS) is 21.2. The van der Waals surface area contributed by atoms with E-state index in [0.29, 0.717) is 0 Å². The third kappa shape index (κ3) is 1.87. The highest BCUT2D eigenvalue weighted by molar-refractivity contribution is 9.10. The van der Waals surface area contributed by atoms with Crippen LogP contribution in [0.5, 0.6) is 0 Å². The van der Waals surface area contributed by atoms with Gasteiger partial charge >= 0.3 is 0 Å². The van der Waals surface area contributed by atoms with Gasteiger partial charge in [-0.1, -0.05) is 39.8 Å². The Morgan fingerprint density at radius 3 is 2.72 bits per heavy atom. The lowest BCUT2D eigenvalue weighted by atomic mass is 10.1.